The minimum atomic E-state index is -0.437. The third-order valence-electron chi connectivity index (χ3n) is 4.07. The van der Waals surface area contributed by atoms with Gasteiger partial charge in [0.2, 0.25) is 0 Å². The fraction of sp³-hybridized carbons (Fsp3) is 0.588. The van der Waals surface area contributed by atoms with Crippen LogP contribution in [-0.2, 0) is 0 Å². The second kappa shape index (κ2) is 7.03. The number of piperidine rings is 1. The maximum absolute atomic E-state index is 14.0. The predicted molar refractivity (Wildman–Crippen MR) is 83.0 cm³/mol. The van der Waals surface area contributed by atoms with Crippen LogP contribution in [0.3, 0.4) is 0 Å². The third-order valence-corrected chi connectivity index (χ3v) is 4.07. The van der Waals surface area contributed by atoms with Crippen molar-refractivity contribution in [2.45, 2.75) is 52.1 Å². The number of rotatable bonds is 4. The molecule has 1 aromatic rings. The number of aryl methyl sites for hydroxylation is 1. The van der Waals surface area contributed by atoms with Crippen LogP contribution in [0.5, 0.6) is 0 Å². The SMILES string of the molecule is Cc1ccc(F)c(C(=O)N(CC2CCCCN2)C(C)C)c1. The first kappa shape index (κ1) is 16.0. The second-order valence-corrected chi connectivity index (χ2v) is 6.18. The van der Waals surface area contributed by atoms with Crippen molar-refractivity contribution in [2.75, 3.05) is 13.1 Å². The summed E-state index contributed by atoms with van der Waals surface area (Å²) >= 11 is 0. The molecule has 0 saturated carbocycles. The molecule has 0 bridgehead atoms. The van der Waals surface area contributed by atoms with Crippen molar-refractivity contribution in [1.29, 1.82) is 0 Å². The molecule has 3 nitrogen and oxygen atoms in total. The van der Waals surface area contributed by atoms with Crippen LogP contribution in [0.1, 0.15) is 49.0 Å². The van der Waals surface area contributed by atoms with Crippen molar-refractivity contribution in [3.05, 3.63) is 35.1 Å². The van der Waals surface area contributed by atoms with Gasteiger partial charge in [-0.1, -0.05) is 18.1 Å². The van der Waals surface area contributed by atoms with Gasteiger partial charge >= 0.3 is 0 Å². The number of halogens is 1. The molecule has 1 atom stereocenters. The lowest BCUT2D eigenvalue weighted by molar-refractivity contribution is 0.0672. The predicted octanol–water partition coefficient (Wildman–Crippen LogP) is 3.13. The number of hydrogen-bond donors (Lipinski definition) is 1. The van der Waals surface area contributed by atoms with Crippen LogP contribution in [0.2, 0.25) is 0 Å². The smallest absolute Gasteiger partial charge is 0.257 e. The van der Waals surface area contributed by atoms with E-state index in [1.165, 1.54) is 18.9 Å². The number of benzene rings is 1. The van der Waals surface area contributed by atoms with E-state index >= 15 is 0 Å². The molecule has 1 aliphatic rings. The van der Waals surface area contributed by atoms with Gasteiger partial charge in [0.05, 0.1) is 5.56 Å². The summed E-state index contributed by atoms with van der Waals surface area (Å²) in [7, 11) is 0. The molecule has 0 aliphatic carbocycles. The summed E-state index contributed by atoms with van der Waals surface area (Å²) in [4.78, 5) is 14.5. The van der Waals surface area contributed by atoms with Crippen LogP contribution in [-0.4, -0.2) is 36.0 Å². The van der Waals surface area contributed by atoms with Gasteiger partial charge in [-0.2, -0.15) is 0 Å². The van der Waals surface area contributed by atoms with Crippen LogP contribution < -0.4 is 5.32 Å². The fourth-order valence-electron chi connectivity index (χ4n) is 2.80. The van der Waals surface area contributed by atoms with Gasteiger partial charge < -0.3 is 10.2 Å². The summed E-state index contributed by atoms with van der Waals surface area (Å²) in [5, 5.41) is 3.45. The first-order chi connectivity index (χ1) is 9.99. The summed E-state index contributed by atoms with van der Waals surface area (Å²) in [5.41, 5.74) is 1.08. The molecular weight excluding hydrogens is 267 g/mol. The molecule has 0 spiro atoms. The molecule has 1 N–H and O–H groups in total. The lowest BCUT2D eigenvalue weighted by Gasteiger charge is -2.33. The van der Waals surface area contributed by atoms with Gasteiger partial charge in [-0.15, -0.1) is 0 Å². The van der Waals surface area contributed by atoms with E-state index in [9.17, 15) is 9.18 Å². The Morgan fingerprint density at radius 1 is 1.43 bits per heavy atom. The van der Waals surface area contributed by atoms with E-state index in [2.05, 4.69) is 5.32 Å². The maximum atomic E-state index is 14.0. The molecule has 116 valence electrons. The van der Waals surface area contributed by atoms with Gasteiger partial charge in [-0.3, -0.25) is 4.79 Å². The van der Waals surface area contributed by atoms with Crippen molar-refractivity contribution >= 4 is 5.91 Å². The van der Waals surface area contributed by atoms with Crippen LogP contribution in [0.15, 0.2) is 18.2 Å². The van der Waals surface area contributed by atoms with Crippen LogP contribution in [0.25, 0.3) is 0 Å². The maximum Gasteiger partial charge on any atom is 0.257 e. The van der Waals surface area contributed by atoms with E-state index in [1.807, 2.05) is 20.8 Å². The Hall–Kier alpha value is -1.42. The molecule has 21 heavy (non-hydrogen) atoms. The molecule has 0 aromatic heterocycles. The highest BCUT2D eigenvalue weighted by molar-refractivity contribution is 5.94. The third kappa shape index (κ3) is 4.03. The zero-order chi connectivity index (χ0) is 15.4. The Morgan fingerprint density at radius 3 is 2.81 bits per heavy atom. The largest absolute Gasteiger partial charge is 0.335 e. The summed E-state index contributed by atoms with van der Waals surface area (Å²) < 4.78 is 14.0. The molecular formula is C17H25FN2O. The van der Waals surface area contributed by atoms with Crippen molar-refractivity contribution < 1.29 is 9.18 Å². The Bertz CT molecular complexity index is 496. The molecule has 1 unspecified atom stereocenters. The molecule has 1 heterocycles. The first-order valence-corrected chi connectivity index (χ1v) is 7.79. The van der Waals surface area contributed by atoms with Crippen molar-refractivity contribution in [1.82, 2.24) is 10.2 Å². The number of carbonyl (C=O) groups excluding carboxylic acids is 1. The Kier molecular flexibility index (Phi) is 5.34. The van der Waals surface area contributed by atoms with Gasteiger partial charge in [-0.05, 0) is 52.3 Å². The molecule has 1 amide bonds. The average molecular weight is 292 g/mol. The van der Waals surface area contributed by atoms with Crippen molar-refractivity contribution in [3.63, 3.8) is 0 Å². The number of amides is 1. The van der Waals surface area contributed by atoms with Gasteiger partial charge in [-0.25, -0.2) is 4.39 Å². The number of carbonyl (C=O) groups is 1. The number of hydrogen-bond acceptors (Lipinski definition) is 2. The van der Waals surface area contributed by atoms with Gasteiger partial charge in [0, 0.05) is 18.6 Å². The fourth-order valence-corrected chi connectivity index (χ4v) is 2.80. The van der Waals surface area contributed by atoms with Gasteiger partial charge in [0.15, 0.2) is 0 Å². The molecule has 4 heteroatoms. The van der Waals surface area contributed by atoms with Crippen molar-refractivity contribution in [2.24, 2.45) is 0 Å². The Labute approximate surface area is 126 Å². The lowest BCUT2D eigenvalue weighted by Crippen LogP contribution is -2.48. The van der Waals surface area contributed by atoms with Gasteiger partial charge in [0.1, 0.15) is 5.82 Å². The summed E-state index contributed by atoms with van der Waals surface area (Å²) in [5.74, 6) is -0.647. The van der Waals surface area contributed by atoms with Crippen LogP contribution in [0.4, 0.5) is 4.39 Å². The summed E-state index contributed by atoms with van der Waals surface area (Å²) in [6, 6.07) is 5.08. The average Bonchev–Trinajstić information content (AvgIpc) is 2.47. The second-order valence-electron chi connectivity index (χ2n) is 6.18. The highest BCUT2D eigenvalue weighted by Gasteiger charge is 2.25. The number of nitrogens with one attached hydrogen (secondary N) is 1. The molecule has 1 fully saturated rings. The summed E-state index contributed by atoms with van der Waals surface area (Å²) in [6.45, 7) is 7.48. The highest BCUT2D eigenvalue weighted by atomic mass is 19.1. The van der Waals surface area contributed by atoms with E-state index in [-0.39, 0.29) is 17.5 Å². The molecule has 1 saturated heterocycles. The van der Waals surface area contributed by atoms with E-state index < -0.39 is 5.82 Å². The quantitative estimate of drug-likeness (QED) is 0.924. The minimum Gasteiger partial charge on any atom is -0.335 e. The molecule has 0 radical (unpaired) electrons. The standard InChI is InChI=1S/C17H25FN2O/c1-12(2)20(11-14-6-4-5-9-19-14)17(21)15-10-13(3)7-8-16(15)18/h7-8,10,12,14,19H,4-6,9,11H2,1-3H3. The zero-order valence-electron chi connectivity index (χ0n) is 13.2. The van der Waals surface area contributed by atoms with E-state index in [4.69, 9.17) is 0 Å². The Morgan fingerprint density at radius 2 is 2.19 bits per heavy atom. The molecule has 2 rings (SSSR count). The molecule has 1 aromatic carbocycles. The minimum absolute atomic E-state index is 0.0566. The normalized spacial score (nSPS) is 18.8. The summed E-state index contributed by atoms with van der Waals surface area (Å²) in [6.07, 6.45) is 3.46. The van der Waals surface area contributed by atoms with E-state index in [0.717, 1.165) is 18.5 Å². The monoisotopic (exact) mass is 292 g/mol. The van der Waals surface area contributed by atoms with Gasteiger partial charge in [0.25, 0.3) is 5.91 Å². The molecule has 1 aliphatic heterocycles. The topological polar surface area (TPSA) is 32.3 Å². The zero-order valence-corrected chi connectivity index (χ0v) is 13.2. The Balaban J connectivity index is 2.16. The number of nitrogens with zero attached hydrogens (tertiary/aromatic N) is 1. The van der Waals surface area contributed by atoms with E-state index in [0.29, 0.717) is 12.6 Å². The first-order valence-electron chi connectivity index (χ1n) is 7.79. The lowest BCUT2D eigenvalue weighted by atomic mass is 10.0. The van der Waals surface area contributed by atoms with Crippen LogP contribution >= 0.6 is 0 Å². The van der Waals surface area contributed by atoms with Crippen LogP contribution in [0, 0.1) is 12.7 Å². The van der Waals surface area contributed by atoms with Crippen molar-refractivity contribution in [3.8, 4) is 0 Å². The van der Waals surface area contributed by atoms with E-state index in [1.54, 1.807) is 17.0 Å². The highest BCUT2D eigenvalue weighted by Crippen LogP contribution is 2.17.